The summed E-state index contributed by atoms with van der Waals surface area (Å²) in [5.41, 5.74) is 6.19. The lowest BCUT2D eigenvalue weighted by Crippen LogP contribution is -2.44. The number of carbonyl (C=O) groups excluding carboxylic acids is 1. The van der Waals surface area contributed by atoms with Crippen LogP contribution in [0.2, 0.25) is 0 Å². The molecule has 1 saturated heterocycles. The van der Waals surface area contributed by atoms with Gasteiger partial charge >= 0.3 is 0 Å². The van der Waals surface area contributed by atoms with Crippen molar-refractivity contribution in [3.8, 4) is 11.3 Å². The van der Waals surface area contributed by atoms with E-state index in [1.807, 2.05) is 54.7 Å². The minimum atomic E-state index is -0.0758. The smallest absolute Gasteiger partial charge is 0.256 e. The molecule has 0 aliphatic carbocycles. The lowest BCUT2D eigenvalue weighted by atomic mass is 10.0. The molecule has 0 bridgehead atoms. The van der Waals surface area contributed by atoms with Gasteiger partial charge in [-0.2, -0.15) is 5.10 Å². The molecule has 7 nitrogen and oxygen atoms in total. The number of hydrogen-bond acceptors (Lipinski definition) is 5. The van der Waals surface area contributed by atoms with Crippen LogP contribution < -0.4 is 10.2 Å². The number of pyridine rings is 1. The number of amides is 1. The van der Waals surface area contributed by atoms with Crippen LogP contribution >= 0.6 is 0 Å². The maximum absolute atomic E-state index is 12.4. The molecule has 33 heavy (non-hydrogen) atoms. The Labute approximate surface area is 191 Å². The Hall–Kier alpha value is -3.97. The molecule has 2 aliphatic rings. The largest absolute Gasteiger partial charge is 0.354 e. The van der Waals surface area contributed by atoms with Crippen molar-refractivity contribution in [2.75, 3.05) is 43.4 Å². The van der Waals surface area contributed by atoms with Gasteiger partial charge in [-0.25, -0.2) is 4.98 Å². The van der Waals surface area contributed by atoms with Gasteiger partial charge in [0, 0.05) is 60.1 Å². The maximum atomic E-state index is 12.4. The molecule has 4 aromatic rings. The highest BCUT2D eigenvalue weighted by Gasteiger charge is 2.23. The van der Waals surface area contributed by atoms with Gasteiger partial charge in [-0.05, 0) is 49.0 Å². The number of likely N-dealkylation sites (N-methyl/N-ethyl adjacent to an activating group) is 1. The monoisotopic (exact) mass is 436 g/mol. The van der Waals surface area contributed by atoms with Crippen molar-refractivity contribution in [2.45, 2.75) is 0 Å². The van der Waals surface area contributed by atoms with Gasteiger partial charge in [0.05, 0.1) is 5.52 Å². The summed E-state index contributed by atoms with van der Waals surface area (Å²) in [6.07, 6.45) is 3.83. The molecule has 0 spiro atoms. The molecule has 2 aromatic carbocycles. The third kappa shape index (κ3) is 3.56. The quantitative estimate of drug-likeness (QED) is 0.477. The van der Waals surface area contributed by atoms with Crippen molar-refractivity contribution >= 4 is 40.0 Å². The first-order valence-electron chi connectivity index (χ1n) is 11.2. The number of carbonyl (C=O) groups is 1. The van der Waals surface area contributed by atoms with Crippen LogP contribution in [0.25, 0.3) is 33.8 Å². The lowest BCUT2D eigenvalue weighted by Gasteiger charge is -2.33. The predicted molar refractivity (Wildman–Crippen MR) is 132 cm³/mol. The minimum absolute atomic E-state index is 0.0758. The van der Waals surface area contributed by atoms with Crippen LogP contribution in [0, 0.1) is 0 Å². The average Bonchev–Trinajstić information content (AvgIpc) is 3.40. The number of aromatic amines is 1. The van der Waals surface area contributed by atoms with Gasteiger partial charge < -0.3 is 15.1 Å². The van der Waals surface area contributed by atoms with E-state index in [9.17, 15) is 4.79 Å². The summed E-state index contributed by atoms with van der Waals surface area (Å²) < 4.78 is 0. The second kappa shape index (κ2) is 7.86. The van der Waals surface area contributed by atoms with Crippen molar-refractivity contribution in [3.05, 3.63) is 71.9 Å². The number of nitrogens with zero attached hydrogens (tertiary/aromatic N) is 4. The number of hydrogen-bond donors (Lipinski definition) is 2. The highest BCUT2D eigenvalue weighted by Crippen LogP contribution is 2.34. The molecule has 0 radical (unpaired) electrons. The highest BCUT2D eigenvalue weighted by atomic mass is 16.2. The van der Waals surface area contributed by atoms with Crippen LogP contribution in [0.5, 0.6) is 0 Å². The Balaban J connectivity index is 1.28. The number of nitrogens with one attached hydrogen (secondary N) is 2. The fraction of sp³-hybridized carbons (Fsp3) is 0.192. The molecule has 6 rings (SSSR count). The number of anilines is 2. The Kier molecular flexibility index (Phi) is 4.69. The van der Waals surface area contributed by atoms with Crippen LogP contribution in [0.4, 0.5) is 11.5 Å². The summed E-state index contributed by atoms with van der Waals surface area (Å²) in [6, 6.07) is 18.0. The molecule has 0 unspecified atom stereocenters. The van der Waals surface area contributed by atoms with Gasteiger partial charge in [0.15, 0.2) is 0 Å². The first-order chi connectivity index (χ1) is 16.2. The van der Waals surface area contributed by atoms with Crippen molar-refractivity contribution in [1.82, 2.24) is 20.1 Å². The topological polar surface area (TPSA) is 77.1 Å². The normalized spacial score (nSPS) is 17.5. The second-order valence-corrected chi connectivity index (χ2v) is 8.63. The molecule has 1 fully saturated rings. The van der Waals surface area contributed by atoms with Gasteiger partial charge in [0.25, 0.3) is 5.91 Å². The van der Waals surface area contributed by atoms with Crippen molar-refractivity contribution < 1.29 is 4.79 Å². The van der Waals surface area contributed by atoms with Crippen molar-refractivity contribution in [3.63, 3.8) is 0 Å². The first kappa shape index (κ1) is 19.7. The van der Waals surface area contributed by atoms with Gasteiger partial charge in [-0.1, -0.05) is 24.3 Å². The summed E-state index contributed by atoms with van der Waals surface area (Å²) in [4.78, 5) is 21.8. The molecule has 0 atom stereocenters. The van der Waals surface area contributed by atoms with E-state index in [2.05, 4.69) is 44.5 Å². The lowest BCUT2D eigenvalue weighted by molar-refractivity contribution is -0.110. The van der Waals surface area contributed by atoms with E-state index in [0.717, 1.165) is 71.0 Å². The standard InChI is InChI=1S/C26H24N6O/c1-31-10-12-32(13-11-31)24-9-7-18(16-27-24)25-20-8-6-17(15-23(20)29-30-25)14-21-19-4-2-3-5-22(19)28-26(21)33/h2-9,14-16H,10-13H2,1H3,(H,28,33)(H,29,30)/b21-14-. The number of rotatable bonds is 3. The third-order valence-electron chi connectivity index (χ3n) is 6.46. The summed E-state index contributed by atoms with van der Waals surface area (Å²) >= 11 is 0. The predicted octanol–water partition coefficient (Wildman–Crippen LogP) is 3.87. The van der Waals surface area contributed by atoms with Crippen LogP contribution in [0.1, 0.15) is 11.1 Å². The van der Waals surface area contributed by atoms with E-state index in [0.29, 0.717) is 5.57 Å². The summed E-state index contributed by atoms with van der Waals surface area (Å²) in [5.74, 6) is 0.934. The van der Waals surface area contributed by atoms with E-state index < -0.39 is 0 Å². The fourth-order valence-corrected chi connectivity index (χ4v) is 4.54. The number of benzene rings is 2. The molecule has 2 aromatic heterocycles. The number of aromatic nitrogens is 3. The summed E-state index contributed by atoms with van der Waals surface area (Å²) in [5, 5.41) is 11.6. The minimum Gasteiger partial charge on any atom is -0.354 e. The Morgan fingerprint density at radius 2 is 1.85 bits per heavy atom. The van der Waals surface area contributed by atoms with Crippen molar-refractivity contribution in [2.24, 2.45) is 0 Å². The van der Waals surface area contributed by atoms with Crippen molar-refractivity contribution in [1.29, 1.82) is 0 Å². The van der Waals surface area contributed by atoms with Gasteiger partial charge in [-0.3, -0.25) is 9.89 Å². The molecule has 1 amide bonds. The molecular weight excluding hydrogens is 412 g/mol. The summed E-state index contributed by atoms with van der Waals surface area (Å²) in [7, 11) is 2.15. The average molecular weight is 437 g/mol. The molecule has 2 N–H and O–H groups in total. The van der Waals surface area contributed by atoms with Gasteiger partial charge in [0.2, 0.25) is 0 Å². The molecular formula is C26H24N6O. The number of fused-ring (bicyclic) bond motifs is 2. The third-order valence-corrected chi connectivity index (χ3v) is 6.46. The summed E-state index contributed by atoms with van der Waals surface area (Å²) in [6.45, 7) is 4.10. The van der Waals surface area contributed by atoms with Gasteiger partial charge in [-0.15, -0.1) is 0 Å². The molecule has 4 heterocycles. The van der Waals surface area contributed by atoms with Crippen LogP contribution in [-0.2, 0) is 4.79 Å². The van der Waals surface area contributed by atoms with E-state index in [1.54, 1.807) is 0 Å². The maximum Gasteiger partial charge on any atom is 0.256 e. The highest BCUT2D eigenvalue weighted by molar-refractivity contribution is 6.34. The molecule has 7 heteroatoms. The zero-order valence-electron chi connectivity index (χ0n) is 18.4. The van der Waals surface area contributed by atoms with E-state index in [1.165, 1.54) is 0 Å². The Morgan fingerprint density at radius 3 is 2.67 bits per heavy atom. The second-order valence-electron chi connectivity index (χ2n) is 8.63. The van der Waals surface area contributed by atoms with Crippen LogP contribution in [0.3, 0.4) is 0 Å². The first-order valence-corrected chi connectivity index (χ1v) is 11.2. The van der Waals surface area contributed by atoms with Crippen LogP contribution in [0.15, 0.2) is 60.8 Å². The fourth-order valence-electron chi connectivity index (χ4n) is 4.54. The molecule has 0 saturated carbocycles. The Morgan fingerprint density at radius 1 is 1.00 bits per heavy atom. The van der Waals surface area contributed by atoms with E-state index in [-0.39, 0.29) is 5.91 Å². The zero-order chi connectivity index (χ0) is 22.4. The number of piperazine rings is 1. The van der Waals surface area contributed by atoms with Gasteiger partial charge in [0.1, 0.15) is 11.5 Å². The number of para-hydroxylation sites is 1. The van der Waals surface area contributed by atoms with E-state index in [4.69, 9.17) is 4.98 Å². The molecule has 2 aliphatic heterocycles. The van der Waals surface area contributed by atoms with E-state index >= 15 is 0 Å². The SMILES string of the molecule is CN1CCN(c2ccc(-c3n[nH]c4cc(/C=C5\C(=O)Nc6ccccc65)ccc34)cn2)CC1. The van der Waals surface area contributed by atoms with Crippen LogP contribution in [-0.4, -0.2) is 59.2 Å². The molecule has 164 valence electrons. The zero-order valence-corrected chi connectivity index (χ0v) is 18.4. The Bertz CT molecular complexity index is 1380. The number of H-pyrrole nitrogens is 1.